The third kappa shape index (κ3) is 4.07. The third-order valence-electron chi connectivity index (χ3n) is 2.44. The van der Waals surface area contributed by atoms with Crippen LogP contribution in [0.4, 0.5) is 0 Å². The SMILES string of the molecule is CCCOC1CCCN(CCO)C1. The molecule has 0 saturated carbocycles. The molecule has 1 rings (SSSR count). The van der Waals surface area contributed by atoms with Crippen LogP contribution in [-0.2, 0) is 4.74 Å². The summed E-state index contributed by atoms with van der Waals surface area (Å²) in [4.78, 5) is 2.28. The number of hydrogen-bond donors (Lipinski definition) is 1. The Balaban J connectivity index is 2.16. The van der Waals surface area contributed by atoms with Crippen LogP contribution in [0.3, 0.4) is 0 Å². The standard InChI is InChI=1S/C10H21NO2/c1-2-8-13-10-4-3-5-11(9-10)6-7-12/h10,12H,2-9H2,1H3. The summed E-state index contributed by atoms with van der Waals surface area (Å²) >= 11 is 0. The summed E-state index contributed by atoms with van der Waals surface area (Å²) < 4.78 is 5.69. The normalized spacial score (nSPS) is 24.9. The summed E-state index contributed by atoms with van der Waals surface area (Å²) in [6, 6.07) is 0. The molecule has 1 atom stereocenters. The van der Waals surface area contributed by atoms with Crippen molar-refractivity contribution < 1.29 is 9.84 Å². The van der Waals surface area contributed by atoms with Gasteiger partial charge in [-0.05, 0) is 25.8 Å². The Labute approximate surface area is 80.7 Å². The van der Waals surface area contributed by atoms with E-state index in [1.807, 2.05) is 0 Å². The molecule has 13 heavy (non-hydrogen) atoms. The van der Waals surface area contributed by atoms with Gasteiger partial charge in [0.1, 0.15) is 0 Å². The van der Waals surface area contributed by atoms with E-state index in [1.54, 1.807) is 0 Å². The molecular formula is C10H21NO2. The Kier molecular flexibility index (Phi) is 5.35. The number of likely N-dealkylation sites (tertiary alicyclic amines) is 1. The highest BCUT2D eigenvalue weighted by Gasteiger charge is 2.19. The minimum Gasteiger partial charge on any atom is -0.395 e. The van der Waals surface area contributed by atoms with Gasteiger partial charge >= 0.3 is 0 Å². The number of rotatable bonds is 5. The molecule has 1 aliphatic rings. The number of piperidine rings is 1. The van der Waals surface area contributed by atoms with E-state index in [4.69, 9.17) is 9.84 Å². The molecule has 0 radical (unpaired) electrons. The first-order valence-electron chi connectivity index (χ1n) is 5.31. The summed E-state index contributed by atoms with van der Waals surface area (Å²) in [7, 11) is 0. The summed E-state index contributed by atoms with van der Waals surface area (Å²) in [5, 5.41) is 8.80. The monoisotopic (exact) mass is 187 g/mol. The summed E-state index contributed by atoms with van der Waals surface area (Å²) in [6.45, 7) is 6.19. The van der Waals surface area contributed by atoms with Crippen LogP contribution in [0.2, 0.25) is 0 Å². The van der Waals surface area contributed by atoms with Gasteiger partial charge < -0.3 is 9.84 Å². The van der Waals surface area contributed by atoms with Crippen LogP contribution < -0.4 is 0 Å². The highest BCUT2D eigenvalue weighted by Crippen LogP contribution is 2.12. The summed E-state index contributed by atoms with van der Waals surface area (Å²) in [5.74, 6) is 0. The fraction of sp³-hybridized carbons (Fsp3) is 1.00. The van der Waals surface area contributed by atoms with E-state index in [-0.39, 0.29) is 6.61 Å². The Bertz CT molecular complexity index is 128. The van der Waals surface area contributed by atoms with Crippen LogP contribution in [0.15, 0.2) is 0 Å². The quantitative estimate of drug-likeness (QED) is 0.693. The number of β-amino-alcohol motifs (C(OH)–C–C–N with tert-alkyl or cyclic N) is 1. The molecule has 78 valence electrons. The first-order chi connectivity index (χ1) is 6.36. The van der Waals surface area contributed by atoms with Crippen molar-refractivity contribution in [1.82, 2.24) is 4.90 Å². The molecule has 0 bridgehead atoms. The lowest BCUT2D eigenvalue weighted by molar-refractivity contribution is -0.00348. The Morgan fingerprint density at radius 2 is 2.38 bits per heavy atom. The van der Waals surface area contributed by atoms with Crippen molar-refractivity contribution in [3.63, 3.8) is 0 Å². The Hall–Kier alpha value is -0.120. The van der Waals surface area contributed by atoms with Gasteiger partial charge in [-0.25, -0.2) is 0 Å². The molecule has 3 heteroatoms. The fourth-order valence-corrected chi connectivity index (χ4v) is 1.78. The molecule has 0 spiro atoms. The zero-order chi connectivity index (χ0) is 9.52. The molecule has 1 N–H and O–H groups in total. The number of hydrogen-bond acceptors (Lipinski definition) is 3. The van der Waals surface area contributed by atoms with Crippen molar-refractivity contribution in [3.05, 3.63) is 0 Å². The van der Waals surface area contributed by atoms with Gasteiger partial charge in [-0.15, -0.1) is 0 Å². The van der Waals surface area contributed by atoms with Crippen LogP contribution in [0, 0.1) is 0 Å². The average Bonchev–Trinajstić information content (AvgIpc) is 2.16. The minimum atomic E-state index is 0.264. The van der Waals surface area contributed by atoms with Crippen molar-refractivity contribution >= 4 is 0 Å². The highest BCUT2D eigenvalue weighted by molar-refractivity contribution is 4.72. The van der Waals surface area contributed by atoms with E-state index in [0.717, 1.165) is 32.7 Å². The van der Waals surface area contributed by atoms with Crippen LogP contribution in [0.25, 0.3) is 0 Å². The maximum atomic E-state index is 8.80. The van der Waals surface area contributed by atoms with Crippen LogP contribution in [0.1, 0.15) is 26.2 Å². The van der Waals surface area contributed by atoms with E-state index in [1.165, 1.54) is 12.8 Å². The number of ether oxygens (including phenoxy) is 1. The summed E-state index contributed by atoms with van der Waals surface area (Å²) in [6.07, 6.45) is 3.88. The zero-order valence-corrected chi connectivity index (χ0v) is 8.54. The second-order valence-corrected chi connectivity index (χ2v) is 3.66. The Morgan fingerprint density at radius 1 is 1.54 bits per heavy atom. The predicted molar refractivity (Wildman–Crippen MR) is 52.8 cm³/mol. The largest absolute Gasteiger partial charge is 0.395 e. The van der Waals surface area contributed by atoms with Gasteiger partial charge in [-0.3, -0.25) is 4.90 Å². The lowest BCUT2D eigenvalue weighted by atomic mass is 10.1. The number of nitrogens with zero attached hydrogens (tertiary/aromatic N) is 1. The molecule has 0 aromatic heterocycles. The Morgan fingerprint density at radius 3 is 3.08 bits per heavy atom. The van der Waals surface area contributed by atoms with Crippen LogP contribution in [0.5, 0.6) is 0 Å². The van der Waals surface area contributed by atoms with Crippen molar-refractivity contribution in [3.8, 4) is 0 Å². The van der Waals surface area contributed by atoms with Gasteiger partial charge in [-0.2, -0.15) is 0 Å². The first kappa shape index (κ1) is 11.0. The number of aliphatic hydroxyl groups excluding tert-OH is 1. The van der Waals surface area contributed by atoms with Crippen LogP contribution >= 0.6 is 0 Å². The molecule has 1 fully saturated rings. The van der Waals surface area contributed by atoms with Gasteiger partial charge in [0.05, 0.1) is 12.7 Å². The maximum absolute atomic E-state index is 8.80. The van der Waals surface area contributed by atoms with Crippen molar-refractivity contribution in [1.29, 1.82) is 0 Å². The summed E-state index contributed by atoms with van der Waals surface area (Å²) in [5.41, 5.74) is 0. The van der Waals surface area contributed by atoms with Crippen LogP contribution in [-0.4, -0.2) is 49.0 Å². The molecule has 1 saturated heterocycles. The molecule has 3 nitrogen and oxygen atoms in total. The van der Waals surface area contributed by atoms with Crippen molar-refractivity contribution in [2.24, 2.45) is 0 Å². The molecule has 0 aliphatic carbocycles. The van der Waals surface area contributed by atoms with E-state index in [2.05, 4.69) is 11.8 Å². The van der Waals surface area contributed by atoms with Crippen molar-refractivity contribution in [2.75, 3.05) is 32.8 Å². The molecule has 0 amide bonds. The average molecular weight is 187 g/mol. The van der Waals surface area contributed by atoms with Gasteiger partial charge in [0.2, 0.25) is 0 Å². The first-order valence-corrected chi connectivity index (χ1v) is 5.31. The molecule has 1 unspecified atom stereocenters. The third-order valence-corrected chi connectivity index (χ3v) is 2.44. The van der Waals surface area contributed by atoms with Gasteiger partial charge in [-0.1, -0.05) is 6.92 Å². The predicted octanol–water partition coefficient (Wildman–Crippen LogP) is 0.870. The van der Waals surface area contributed by atoms with E-state index < -0.39 is 0 Å². The smallest absolute Gasteiger partial charge is 0.0702 e. The second-order valence-electron chi connectivity index (χ2n) is 3.66. The zero-order valence-electron chi connectivity index (χ0n) is 8.54. The maximum Gasteiger partial charge on any atom is 0.0702 e. The molecule has 1 heterocycles. The van der Waals surface area contributed by atoms with Gasteiger partial charge in [0.25, 0.3) is 0 Å². The van der Waals surface area contributed by atoms with E-state index >= 15 is 0 Å². The molecule has 0 aromatic carbocycles. The highest BCUT2D eigenvalue weighted by atomic mass is 16.5. The fourth-order valence-electron chi connectivity index (χ4n) is 1.78. The lowest BCUT2D eigenvalue weighted by Crippen LogP contribution is -2.41. The molecular weight excluding hydrogens is 166 g/mol. The topological polar surface area (TPSA) is 32.7 Å². The number of aliphatic hydroxyl groups is 1. The van der Waals surface area contributed by atoms with Gasteiger partial charge in [0, 0.05) is 19.7 Å². The van der Waals surface area contributed by atoms with E-state index in [9.17, 15) is 0 Å². The molecule has 0 aromatic rings. The molecule has 1 aliphatic heterocycles. The van der Waals surface area contributed by atoms with Gasteiger partial charge in [0.15, 0.2) is 0 Å². The second kappa shape index (κ2) is 6.35. The van der Waals surface area contributed by atoms with E-state index in [0.29, 0.717) is 6.10 Å². The van der Waals surface area contributed by atoms with Crippen molar-refractivity contribution in [2.45, 2.75) is 32.3 Å². The minimum absolute atomic E-state index is 0.264. The lowest BCUT2D eigenvalue weighted by Gasteiger charge is -2.32.